The van der Waals surface area contributed by atoms with Crippen molar-refractivity contribution in [1.29, 1.82) is 0 Å². The molecular weight excluding hydrogens is 582 g/mol. The summed E-state index contributed by atoms with van der Waals surface area (Å²) in [4.78, 5) is 18.0. The molecule has 1 amide bonds. The van der Waals surface area contributed by atoms with Crippen LogP contribution in [-0.2, 0) is 18.2 Å². The summed E-state index contributed by atoms with van der Waals surface area (Å²) in [7, 11) is 1.76. The number of hydrogen-bond acceptors (Lipinski definition) is 7. The van der Waals surface area contributed by atoms with Gasteiger partial charge in [-0.15, -0.1) is 0 Å². The second-order valence-corrected chi connectivity index (χ2v) is 11.9. The number of hydrogen-bond donors (Lipinski definition) is 3. The molecule has 2 aromatic carbocycles. The number of rotatable bonds is 8. The molecule has 230 valence electrons. The number of benzene rings is 2. The summed E-state index contributed by atoms with van der Waals surface area (Å²) in [6.45, 7) is -1.22. The number of aliphatic hydroxyl groups is 1. The Morgan fingerprint density at radius 1 is 1.18 bits per heavy atom. The van der Waals surface area contributed by atoms with Crippen molar-refractivity contribution in [3.8, 4) is 22.8 Å². The van der Waals surface area contributed by atoms with E-state index in [1.807, 2.05) is 0 Å². The number of fused-ring (bicyclic) bond motifs is 2. The van der Waals surface area contributed by atoms with Crippen LogP contribution in [0.15, 0.2) is 48.7 Å². The molecule has 0 spiro atoms. The van der Waals surface area contributed by atoms with Gasteiger partial charge in [-0.1, -0.05) is 0 Å². The minimum Gasteiger partial charge on any atom is -0.488 e. The SMILES string of the molecule is Cn1cc2cc(C(=O)NCC(O)(c3cc4c(c(-c5ccc(F)cc5)n3)OC[C@@]4(N)C(F)(F)F)C3CC3)cc(OC3CC3)c2n1. The number of nitrogens with one attached hydrogen (secondary N) is 1. The molecule has 0 bridgehead atoms. The van der Waals surface area contributed by atoms with Crippen molar-refractivity contribution in [2.75, 3.05) is 13.2 Å². The molecule has 2 aliphatic carbocycles. The largest absolute Gasteiger partial charge is 0.488 e. The molecule has 7 rings (SSSR count). The van der Waals surface area contributed by atoms with Crippen LogP contribution < -0.4 is 20.5 Å². The first-order valence-electron chi connectivity index (χ1n) is 14.3. The van der Waals surface area contributed by atoms with Crippen LogP contribution in [0.3, 0.4) is 0 Å². The Labute approximate surface area is 249 Å². The lowest BCUT2D eigenvalue weighted by Gasteiger charge is -2.31. The Morgan fingerprint density at radius 2 is 1.91 bits per heavy atom. The minimum atomic E-state index is -4.88. The van der Waals surface area contributed by atoms with E-state index in [1.165, 1.54) is 12.1 Å². The highest BCUT2D eigenvalue weighted by Crippen LogP contribution is 2.52. The van der Waals surface area contributed by atoms with Crippen LogP contribution >= 0.6 is 0 Å². The molecule has 2 saturated carbocycles. The number of carbonyl (C=O) groups is 1. The van der Waals surface area contributed by atoms with E-state index in [1.54, 1.807) is 30.1 Å². The standard InChI is InChI=1S/C31H29F4N5O4/c1-40-13-18-10-17(11-23(25(18)39-40)44-21-8-9-21)28(41)37-14-29(42,19-4-5-19)24-12-22-27(43-15-30(22,36)31(33,34)35)26(38-24)16-2-6-20(32)7-3-16/h2-3,6-7,10-13,19,21,42H,4-5,8-9,14-15,36H2,1H3,(H,37,41)/t29?,30-/m0/s1. The lowest BCUT2D eigenvalue weighted by atomic mass is 9.86. The van der Waals surface area contributed by atoms with Gasteiger partial charge in [0.1, 0.15) is 35.0 Å². The molecule has 44 heavy (non-hydrogen) atoms. The van der Waals surface area contributed by atoms with E-state index >= 15 is 0 Å². The normalized spacial score (nSPS) is 21.1. The summed E-state index contributed by atoms with van der Waals surface area (Å²) in [5, 5.41) is 20.0. The third kappa shape index (κ3) is 4.84. The third-order valence-corrected chi connectivity index (χ3v) is 8.50. The van der Waals surface area contributed by atoms with Gasteiger partial charge in [0.25, 0.3) is 5.91 Å². The first-order valence-corrected chi connectivity index (χ1v) is 14.3. The van der Waals surface area contributed by atoms with Crippen LogP contribution in [0.2, 0.25) is 0 Å². The number of nitrogens with two attached hydrogens (primary N) is 1. The van der Waals surface area contributed by atoms with Crippen molar-refractivity contribution in [3.05, 3.63) is 71.3 Å². The zero-order valence-electron chi connectivity index (χ0n) is 23.6. The number of nitrogens with zero attached hydrogens (tertiary/aromatic N) is 3. The fourth-order valence-corrected chi connectivity index (χ4v) is 5.67. The van der Waals surface area contributed by atoms with Gasteiger partial charge in [-0.05, 0) is 74.1 Å². The van der Waals surface area contributed by atoms with Crippen LogP contribution in [0.4, 0.5) is 17.6 Å². The summed E-state index contributed by atoms with van der Waals surface area (Å²) in [6.07, 6.45) is -0.0845. The lowest BCUT2D eigenvalue weighted by Crippen LogP contribution is -2.52. The zero-order valence-corrected chi connectivity index (χ0v) is 23.6. The third-order valence-electron chi connectivity index (χ3n) is 8.50. The number of ether oxygens (including phenoxy) is 2. The van der Waals surface area contributed by atoms with Crippen molar-refractivity contribution in [1.82, 2.24) is 20.1 Å². The predicted molar refractivity (Wildman–Crippen MR) is 150 cm³/mol. The lowest BCUT2D eigenvalue weighted by molar-refractivity contribution is -0.191. The quantitative estimate of drug-likeness (QED) is 0.252. The minimum absolute atomic E-state index is 0.0108. The summed E-state index contributed by atoms with van der Waals surface area (Å²) in [5.74, 6) is -1.15. The first kappa shape index (κ1) is 28.5. The predicted octanol–water partition coefficient (Wildman–Crippen LogP) is 4.45. The number of alkyl halides is 3. The van der Waals surface area contributed by atoms with Crippen molar-refractivity contribution in [3.63, 3.8) is 0 Å². The van der Waals surface area contributed by atoms with Gasteiger partial charge in [0, 0.05) is 35.3 Å². The number of amides is 1. The first-order chi connectivity index (χ1) is 20.9. The highest BCUT2D eigenvalue weighted by atomic mass is 19.4. The molecular formula is C31H29F4N5O4. The van der Waals surface area contributed by atoms with Gasteiger partial charge >= 0.3 is 6.18 Å². The van der Waals surface area contributed by atoms with Gasteiger partial charge in [-0.3, -0.25) is 9.48 Å². The smallest absolute Gasteiger partial charge is 0.414 e. The monoisotopic (exact) mass is 611 g/mol. The summed E-state index contributed by atoms with van der Waals surface area (Å²) >= 11 is 0. The molecule has 1 unspecified atom stereocenters. The van der Waals surface area contributed by atoms with Gasteiger partial charge in [0.15, 0.2) is 11.3 Å². The fourth-order valence-electron chi connectivity index (χ4n) is 5.67. The number of aryl methyl sites for hydroxylation is 1. The zero-order chi connectivity index (χ0) is 31.0. The highest BCUT2D eigenvalue weighted by Gasteiger charge is 2.59. The summed E-state index contributed by atoms with van der Waals surface area (Å²) < 4.78 is 69.6. The molecule has 1 aliphatic heterocycles. The maximum Gasteiger partial charge on any atom is 0.414 e. The van der Waals surface area contributed by atoms with Crippen molar-refractivity contribution < 1.29 is 36.9 Å². The van der Waals surface area contributed by atoms with Crippen molar-refractivity contribution in [2.24, 2.45) is 18.7 Å². The van der Waals surface area contributed by atoms with Gasteiger partial charge in [0.05, 0.1) is 18.3 Å². The number of carbonyl (C=O) groups excluding carboxylic acids is 1. The Balaban J connectivity index is 1.26. The topological polar surface area (TPSA) is 125 Å². The molecule has 3 heterocycles. The van der Waals surface area contributed by atoms with Gasteiger partial charge < -0.3 is 25.6 Å². The second kappa shape index (κ2) is 9.89. The number of halogens is 4. The number of pyridine rings is 1. The van der Waals surface area contributed by atoms with E-state index in [0.29, 0.717) is 29.5 Å². The molecule has 4 aromatic rings. The van der Waals surface area contributed by atoms with E-state index in [4.69, 9.17) is 15.2 Å². The highest BCUT2D eigenvalue weighted by molar-refractivity contribution is 6.00. The Morgan fingerprint density at radius 3 is 2.57 bits per heavy atom. The Hall–Kier alpha value is -4.23. The molecule has 2 fully saturated rings. The van der Waals surface area contributed by atoms with Crippen LogP contribution in [0.1, 0.15) is 47.3 Å². The molecule has 2 aromatic heterocycles. The number of aromatic nitrogens is 3. The van der Waals surface area contributed by atoms with Crippen molar-refractivity contribution >= 4 is 16.8 Å². The maximum absolute atomic E-state index is 14.3. The van der Waals surface area contributed by atoms with Gasteiger partial charge in [-0.2, -0.15) is 18.3 Å². The maximum atomic E-state index is 14.3. The molecule has 0 saturated heterocycles. The van der Waals surface area contributed by atoms with Crippen molar-refractivity contribution in [2.45, 2.75) is 49.1 Å². The van der Waals surface area contributed by atoms with E-state index in [9.17, 15) is 27.5 Å². The van der Waals surface area contributed by atoms with Crippen LogP contribution in [0, 0.1) is 11.7 Å². The Kier molecular flexibility index (Phi) is 6.42. The van der Waals surface area contributed by atoms with Crippen LogP contribution in [0.25, 0.3) is 22.2 Å². The van der Waals surface area contributed by atoms with Crippen LogP contribution in [0.5, 0.6) is 11.5 Å². The van der Waals surface area contributed by atoms with Gasteiger partial charge in [0.2, 0.25) is 0 Å². The molecule has 0 radical (unpaired) electrons. The summed E-state index contributed by atoms with van der Waals surface area (Å²) in [5.41, 5.74) is 1.91. The average Bonchev–Trinajstić information content (AvgIpc) is 3.91. The van der Waals surface area contributed by atoms with Gasteiger partial charge in [-0.25, -0.2) is 9.37 Å². The molecule has 3 aliphatic rings. The summed E-state index contributed by atoms with van der Waals surface area (Å²) in [6, 6.07) is 9.42. The second-order valence-electron chi connectivity index (χ2n) is 11.9. The van der Waals surface area contributed by atoms with E-state index in [2.05, 4.69) is 15.4 Å². The molecule has 9 nitrogen and oxygen atoms in total. The van der Waals surface area contributed by atoms with E-state index in [-0.39, 0.29) is 52.4 Å². The molecule has 13 heteroatoms. The molecule has 4 N–H and O–H groups in total. The average molecular weight is 612 g/mol. The Bertz CT molecular complexity index is 1780. The van der Waals surface area contributed by atoms with E-state index < -0.39 is 35.6 Å². The van der Waals surface area contributed by atoms with Crippen LogP contribution in [-0.4, -0.2) is 51.2 Å². The molecule has 2 atom stereocenters. The van der Waals surface area contributed by atoms with E-state index in [0.717, 1.165) is 31.0 Å². The fraction of sp³-hybridized carbons (Fsp3) is 0.387.